The molecular weight excluding hydrogens is 256 g/mol. The van der Waals surface area contributed by atoms with Crippen molar-refractivity contribution in [3.05, 3.63) is 29.3 Å². The number of rotatable bonds is 4. The summed E-state index contributed by atoms with van der Waals surface area (Å²) in [5.74, 6) is 0. The van der Waals surface area contributed by atoms with E-state index in [1.165, 1.54) is 24.0 Å². The van der Waals surface area contributed by atoms with Gasteiger partial charge in [-0.3, -0.25) is 0 Å². The largest absolute Gasteiger partial charge is 0.394 e. The first-order chi connectivity index (χ1) is 9.31. The molecule has 1 aliphatic carbocycles. The van der Waals surface area contributed by atoms with E-state index in [4.69, 9.17) is 0 Å². The average molecular weight is 276 g/mol. The molecule has 102 valence electrons. The van der Waals surface area contributed by atoms with Gasteiger partial charge in [-0.05, 0) is 25.0 Å². The zero-order valence-electron chi connectivity index (χ0n) is 11.1. The van der Waals surface area contributed by atoms with Crippen molar-refractivity contribution in [1.29, 1.82) is 0 Å². The lowest BCUT2D eigenvalue weighted by atomic mass is 9.82. The van der Waals surface area contributed by atoms with Crippen molar-refractivity contribution in [3.63, 3.8) is 0 Å². The number of thiazole rings is 1. The monoisotopic (exact) mass is 276 g/mol. The summed E-state index contributed by atoms with van der Waals surface area (Å²) in [4.78, 5) is 4.64. The van der Waals surface area contributed by atoms with Gasteiger partial charge in [0.15, 0.2) is 0 Å². The SMILES string of the molecule is OCC1(NCc2nc3ccccc3s2)CCCCC1. The smallest absolute Gasteiger partial charge is 0.108 e. The maximum absolute atomic E-state index is 9.68. The van der Waals surface area contributed by atoms with E-state index in [9.17, 15) is 5.11 Å². The summed E-state index contributed by atoms with van der Waals surface area (Å²) < 4.78 is 1.24. The molecule has 0 unspecified atom stereocenters. The van der Waals surface area contributed by atoms with Crippen LogP contribution in [0.4, 0.5) is 0 Å². The number of hydrogen-bond acceptors (Lipinski definition) is 4. The normalized spacial score (nSPS) is 18.8. The van der Waals surface area contributed by atoms with Gasteiger partial charge in [0.25, 0.3) is 0 Å². The van der Waals surface area contributed by atoms with Crippen molar-refractivity contribution in [2.75, 3.05) is 6.61 Å². The molecular formula is C15H20N2OS. The quantitative estimate of drug-likeness (QED) is 0.902. The molecule has 1 aromatic carbocycles. The van der Waals surface area contributed by atoms with Crippen LogP contribution in [0.25, 0.3) is 10.2 Å². The fourth-order valence-electron chi connectivity index (χ4n) is 2.88. The molecule has 1 saturated carbocycles. The van der Waals surface area contributed by atoms with Crippen molar-refractivity contribution in [3.8, 4) is 0 Å². The molecule has 1 aliphatic rings. The van der Waals surface area contributed by atoms with Gasteiger partial charge in [-0.1, -0.05) is 31.4 Å². The van der Waals surface area contributed by atoms with E-state index >= 15 is 0 Å². The molecule has 0 bridgehead atoms. The molecule has 4 heteroatoms. The number of para-hydroxylation sites is 1. The summed E-state index contributed by atoms with van der Waals surface area (Å²) >= 11 is 1.74. The maximum atomic E-state index is 9.68. The highest BCUT2D eigenvalue weighted by atomic mass is 32.1. The molecule has 3 rings (SSSR count). The Morgan fingerprint density at radius 1 is 1.21 bits per heavy atom. The summed E-state index contributed by atoms with van der Waals surface area (Å²) in [5, 5.41) is 14.4. The lowest BCUT2D eigenvalue weighted by Crippen LogP contribution is -2.49. The zero-order valence-corrected chi connectivity index (χ0v) is 11.9. The first kappa shape index (κ1) is 13.0. The van der Waals surface area contributed by atoms with Crippen LogP contribution in [0.5, 0.6) is 0 Å². The van der Waals surface area contributed by atoms with Crippen molar-refractivity contribution < 1.29 is 5.11 Å². The van der Waals surface area contributed by atoms with Gasteiger partial charge in [0.1, 0.15) is 5.01 Å². The Morgan fingerprint density at radius 2 is 2.00 bits per heavy atom. The fourth-order valence-corrected chi connectivity index (χ4v) is 3.79. The Kier molecular flexibility index (Phi) is 3.82. The van der Waals surface area contributed by atoms with Crippen LogP contribution in [0.1, 0.15) is 37.1 Å². The molecule has 0 saturated heterocycles. The van der Waals surface area contributed by atoms with Crippen LogP contribution in [0.15, 0.2) is 24.3 Å². The van der Waals surface area contributed by atoms with Gasteiger partial charge in [0, 0.05) is 12.1 Å². The fraction of sp³-hybridized carbons (Fsp3) is 0.533. The van der Waals surface area contributed by atoms with Crippen molar-refractivity contribution in [1.82, 2.24) is 10.3 Å². The number of fused-ring (bicyclic) bond motifs is 1. The lowest BCUT2D eigenvalue weighted by Gasteiger charge is -2.36. The molecule has 1 aromatic heterocycles. The Labute approximate surface area is 117 Å². The second-order valence-electron chi connectivity index (χ2n) is 5.43. The Morgan fingerprint density at radius 3 is 2.74 bits per heavy atom. The van der Waals surface area contributed by atoms with Crippen LogP contribution in [0, 0.1) is 0 Å². The van der Waals surface area contributed by atoms with Crippen LogP contribution in [-0.2, 0) is 6.54 Å². The van der Waals surface area contributed by atoms with Crippen molar-refractivity contribution >= 4 is 21.6 Å². The van der Waals surface area contributed by atoms with Gasteiger partial charge in [-0.25, -0.2) is 4.98 Å². The predicted octanol–water partition coefficient (Wildman–Crippen LogP) is 3.08. The van der Waals surface area contributed by atoms with Crippen molar-refractivity contribution in [2.45, 2.75) is 44.2 Å². The summed E-state index contributed by atoms with van der Waals surface area (Å²) in [5.41, 5.74) is 1.00. The third-order valence-corrected chi connectivity index (χ3v) is 5.10. The Bertz CT molecular complexity index is 513. The van der Waals surface area contributed by atoms with Crippen LogP contribution in [-0.4, -0.2) is 22.2 Å². The van der Waals surface area contributed by atoms with Gasteiger partial charge in [0.2, 0.25) is 0 Å². The van der Waals surface area contributed by atoms with E-state index < -0.39 is 0 Å². The minimum absolute atomic E-state index is 0.0733. The summed E-state index contributed by atoms with van der Waals surface area (Å²) in [6.45, 7) is 0.998. The molecule has 0 spiro atoms. The number of benzene rings is 1. The second kappa shape index (κ2) is 5.57. The predicted molar refractivity (Wildman–Crippen MR) is 79.4 cm³/mol. The van der Waals surface area contributed by atoms with Crippen LogP contribution >= 0.6 is 11.3 Å². The molecule has 0 amide bonds. The molecule has 0 radical (unpaired) electrons. The first-order valence-corrected chi connectivity index (χ1v) is 7.83. The second-order valence-corrected chi connectivity index (χ2v) is 6.54. The number of nitrogens with zero attached hydrogens (tertiary/aromatic N) is 1. The third kappa shape index (κ3) is 2.81. The van der Waals surface area contributed by atoms with E-state index in [1.807, 2.05) is 12.1 Å². The number of aliphatic hydroxyl groups excluding tert-OH is 1. The highest BCUT2D eigenvalue weighted by molar-refractivity contribution is 7.18. The van der Waals surface area contributed by atoms with Gasteiger partial charge in [-0.15, -0.1) is 11.3 Å². The number of hydrogen-bond donors (Lipinski definition) is 2. The average Bonchev–Trinajstić information content (AvgIpc) is 2.89. The highest BCUT2D eigenvalue weighted by Gasteiger charge is 2.30. The van der Waals surface area contributed by atoms with Gasteiger partial charge in [0.05, 0.1) is 16.8 Å². The standard InChI is InChI=1S/C15H20N2OS/c18-11-15(8-4-1-5-9-15)16-10-14-17-12-6-2-3-7-13(12)19-14/h2-3,6-7,16,18H,1,4-5,8-11H2. The Hall–Kier alpha value is -0.970. The third-order valence-electron chi connectivity index (χ3n) is 4.07. The molecule has 1 fully saturated rings. The topological polar surface area (TPSA) is 45.1 Å². The number of aromatic nitrogens is 1. The summed E-state index contributed by atoms with van der Waals surface area (Å²) in [6, 6.07) is 8.24. The molecule has 0 aliphatic heterocycles. The summed E-state index contributed by atoms with van der Waals surface area (Å²) in [7, 11) is 0. The van der Waals surface area contributed by atoms with Crippen LogP contribution < -0.4 is 5.32 Å². The number of aliphatic hydroxyl groups is 1. The highest BCUT2D eigenvalue weighted by Crippen LogP contribution is 2.29. The lowest BCUT2D eigenvalue weighted by molar-refractivity contribution is 0.119. The minimum atomic E-state index is -0.0733. The van der Waals surface area contributed by atoms with E-state index in [1.54, 1.807) is 11.3 Å². The van der Waals surface area contributed by atoms with Crippen LogP contribution in [0.3, 0.4) is 0 Å². The first-order valence-electron chi connectivity index (χ1n) is 7.02. The molecule has 3 nitrogen and oxygen atoms in total. The Balaban J connectivity index is 1.70. The zero-order chi connectivity index (χ0) is 13.1. The minimum Gasteiger partial charge on any atom is -0.394 e. The molecule has 19 heavy (non-hydrogen) atoms. The van der Waals surface area contributed by atoms with E-state index in [-0.39, 0.29) is 12.1 Å². The van der Waals surface area contributed by atoms with Gasteiger partial charge in [-0.2, -0.15) is 0 Å². The molecule has 2 N–H and O–H groups in total. The number of nitrogens with one attached hydrogen (secondary N) is 1. The summed E-state index contributed by atoms with van der Waals surface area (Å²) in [6.07, 6.45) is 5.88. The van der Waals surface area contributed by atoms with E-state index in [0.29, 0.717) is 0 Å². The van der Waals surface area contributed by atoms with Gasteiger partial charge < -0.3 is 10.4 Å². The van der Waals surface area contributed by atoms with E-state index in [0.717, 1.165) is 29.9 Å². The van der Waals surface area contributed by atoms with Crippen molar-refractivity contribution in [2.24, 2.45) is 0 Å². The van der Waals surface area contributed by atoms with Crippen LogP contribution in [0.2, 0.25) is 0 Å². The molecule has 0 atom stereocenters. The van der Waals surface area contributed by atoms with Gasteiger partial charge >= 0.3 is 0 Å². The maximum Gasteiger partial charge on any atom is 0.108 e. The molecule has 1 heterocycles. The molecule has 2 aromatic rings. The van der Waals surface area contributed by atoms with E-state index in [2.05, 4.69) is 22.4 Å².